The highest BCUT2D eigenvalue weighted by Crippen LogP contribution is 2.22. The van der Waals surface area contributed by atoms with Gasteiger partial charge in [-0.15, -0.1) is 6.58 Å². The minimum absolute atomic E-state index is 0.0442. The summed E-state index contributed by atoms with van der Waals surface area (Å²) in [5, 5.41) is 6.60. The molecule has 0 aliphatic rings. The fourth-order valence-electron chi connectivity index (χ4n) is 1.85. The lowest BCUT2D eigenvalue weighted by Gasteiger charge is -2.18. The van der Waals surface area contributed by atoms with Crippen LogP contribution in [-0.2, 0) is 10.2 Å². The minimum atomic E-state index is -0.295. The number of benzene rings is 1. The van der Waals surface area contributed by atoms with Crippen LogP contribution in [0.5, 0.6) is 0 Å². The van der Waals surface area contributed by atoms with Crippen molar-refractivity contribution in [2.45, 2.75) is 39.5 Å². The van der Waals surface area contributed by atoms with Gasteiger partial charge < -0.3 is 5.32 Å². The summed E-state index contributed by atoms with van der Waals surface area (Å²) in [7, 11) is 0. The van der Waals surface area contributed by atoms with Gasteiger partial charge in [-0.1, -0.05) is 39.0 Å². The van der Waals surface area contributed by atoms with Gasteiger partial charge in [-0.25, -0.2) is 5.43 Å². The Balaban J connectivity index is 2.60. The van der Waals surface area contributed by atoms with Crippen LogP contribution in [0, 0.1) is 0 Å². The molecule has 1 rings (SSSR count). The normalized spacial score (nSPS) is 11.7. The zero-order valence-corrected chi connectivity index (χ0v) is 14.3. The zero-order valence-electron chi connectivity index (χ0n) is 14.3. The summed E-state index contributed by atoms with van der Waals surface area (Å²) in [6.45, 7) is 12.0. The average molecular weight is 315 g/mol. The third-order valence-corrected chi connectivity index (χ3v) is 3.22. The van der Waals surface area contributed by atoms with E-state index in [-0.39, 0.29) is 23.7 Å². The quantitative estimate of drug-likeness (QED) is 0.481. The summed E-state index contributed by atoms with van der Waals surface area (Å²) < 4.78 is 0. The molecule has 23 heavy (non-hydrogen) atoms. The highest BCUT2D eigenvalue weighted by atomic mass is 16.2. The molecule has 2 amide bonds. The van der Waals surface area contributed by atoms with Crippen molar-refractivity contribution in [3.05, 3.63) is 48.0 Å². The van der Waals surface area contributed by atoms with Crippen molar-refractivity contribution in [3.8, 4) is 0 Å². The van der Waals surface area contributed by atoms with E-state index in [9.17, 15) is 9.59 Å². The molecule has 5 heteroatoms. The number of hydrogen-bond donors (Lipinski definition) is 2. The molecule has 0 fully saturated rings. The predicted octanol–water partition coefficient (Wildman–Crippen LogP) is 2.78. The lowest BCUT2D eigenvalue weighted by atomic mass is 9.87. The highest BCUT2D eigenvalue weighted by Gasteiger charge is 2.14. The number of hydrogen-bond acceptors (Lipinski definition) is 3. The van der Waals surface area contributed by atoms with Crippen LogP contribution in [0.15, 0.2) is 42.0 Å². The van der Waals surface area contributed by atoms with Gasteiger partial charge in [0.15, 0.2) is 0 Å². The van der Waals surface area contributed by atoms with E-state index in [1.807, 2.05) is 12.1 Å². The molecule has 0 bridgehead atoms. The first-order valence-corrected chi connectivity index (χ1v) is 7.55. The monoisotopic (exact) mass is 315 g/mol. The zero-order chi connectivity index (χ0) is 17.5. The minimum Gasteiger partial charge on any atom is -0.352 e. The van der Waals surface area contributed by atoms with Crippen molar-refractivity contribution in [1.82, 2.24) is 10.7 Å². The number of rotatable bonds is 6. The molecule has 2 N–H and O–H groups in total. The lowest BCUT2D eigenvalue weighted by Crippen LogP contribution is -2.26. The van der Waals surface area contributed by atoms with Crippen LogP contribution >= 0.6 is 0 Å². The second-order valence-electron chi connectivity index (χ2n) is 6.38. The topological polar surface area (TPSA) is 70.6 Å². The highest BCUT2D eigenvalue weighted by molar-refractivity contribution is 6.01. The van der Waals surface area contributed by atoms with E-state index in [4.69, 9.17) is 0 Å². The van der Waals surface area contributed by atoms with E-state index >= 15 is 0 Å². The first-order chi connectivity index (χ1) is 10.7. The molecule has 0 aliphatic heterocycles. The van der Waals surface area contributed by atoms with Crippen molar-refractivity contribution in [2.24, 2.45) is 5.10 Å². The molecule has 5 nitrogen and oxygen atoms in total. The Labute approximate surface area is 137 Å². The molecule has 124 valence electrons. The third-order valence-electron chi connectivity index (χ3n) is 3.22. The fraction of sp³-hybridized carbons (Fsp3) is 0.389. The molecule has 0 saturated heterocycles. The Kier molecular flexibility index (Phi) is 6.69. The van der Waals surface area contributed by atoms with E-state index in [1.54, 1.807) is 25.1 Å². The molecule has 0 aliphatic carbocycles. The molecule has 0 heterocycles. The second kappa shape index (κ2) is 8.27. The fourth-order valence-corrected chi connectivity index (χ4v) is 1.85. The van der Waals surface area contributed by atoms with Crippen LogP contribution < -0.4 is 10.7 Å². The number of nitrogens with one attached hydrogen (secondary N) is 2. The Bertz CT molecular complexity index is 596. The maximum atomic E-state index is 12.0. The van der Waals surface area contributed by atoms with Crippen LogP contribution in [0.4, 0.5) is 0 Å². The first-order valence-electron chi connectivity index (χ1n) is 7.55. The molecular formula is C18H25N3O2. The van der Waals surface area contributed by atoms with E-state index < -0.39 is 0 Å². The number of carbonyl (C=O) groups excluding carboxylic acids is 2. The van der Waals surface area contributed by atoms with Gasteiger partial charge in [0.25, 0.3) is 5.91 Å². The van der Waals surface area contributed by atoms with Gasteiger partial charge in [0.05, 0.1) is 6.42 Å². The Hall–Kier alpha value is -2.43. The lowest BCUT2D eigenvalue weighted by molar-refractivity contribution is -0.119. The number of nitrogens with zero attached hydrogens (tertiary/aromatic N) is 1. The smallest absolute Gasteiger partial charge is 0.271 e. The summed E-state index contributed by atoms with van der Waals surface area (Å²) in [6.07, 6.45) is 1.74. The average Bonchev–Trinajstić information content (AvgIpc) is 2.49. The third kappa shape index (κ3) is 6.46. The number of amides is 2. The molecule has 0 atom stereocenters. The Morgan fingerprint density at radius 3 is 2.35 bits per heavy atom. The van der Waals surface area contributed by atoms with Gasteiger partial charge in [0, 0.05) is 17.8 Å². The molecule has 0 radical (unpaired) electrons. The number of hydrazone groups is 1. The van der Waals surface area contributed by atoms with Gasteiger partial charge in [-0.2, -0.15) is 5.10 Å². The first kappa shape index (κ1) is 18.6. The van der Waals surface area contributed by atoms with Gasteiger partial charge in [-0.3, -0.25) is 9.59 Å². The summed E-state index contributed by atoms with van der Waals surface area (Å²) in [5.74, 6) is -0.453. The van der Waals surface area contributed by atoms with E-state index in [2.05, 4.69) is 43.2 Å². The van der Waals surface area contributed by atoms with E-state index in [1.165, 1.54) is 0 Å². The molecule has 1 aromatic carbocycles. The summed E-state index contributed by atoms with van der Waals surface area (Å²) in [4.78, 5) is 23.5. The van der Waals surface area contributed by atoms with Crippen molar-refractivity contribution in [3.63, 3.8) is 0 Å². The molecule has 0 saturated carbocycles. The summed E-state index contributed by atoms with van der Waals surface area (Å²) in [6, 6.07) is 7.43. The predicted molar refractivity (Wildman–Crippen MR) is 93.5 cm³/mol. The van der Waals surface area contributed by atoms with Gasteiger partial charge >= 0.3 is 0 Å². The second-order valence-corrected chi connectivity index (χ2v) is 6.38. The molecule has 0 aromatic heterocycles. The van der Waals surface area contributed by atoms with Crippen LogP contribution in [0.2, 0.25) is 0 Å². The van der Waals surface area contributed by atoms with E-state index in [0.29, 0.717) is 17.8 Å². The van der Waals surface area contributed by atoms with Crippen LogP contribution in [0.1, 0.15) is 50.0 Å². The number of carbonyl (C=O) groups is 2. The largest absolute Gasteiger partial charge is 0.352 e. The summed E-state index contributed by atoms with van der Waals surface area (Å²) >= 11 is 0. The maximum absolute atomic E-state index is 12.0. The van der Waals surface area contributed by atoms with Crippen molar-refractivity contribution >= 4 is 17.5 Å². The SMILES string of the molecule is C=CCNC(=O)C/C(C)=N\NC(=O)c1ccc(C(C)(C)C)cc1. The maximum Gasteiger partial charge on any atom is 0.271 e. The summed E-state index contributed by atoms with van der Waals surface area (Å²) in [5.41, 5.74) is 4.74. The van der Waals surface area contributed by atoms with Crippen molar-refractivity contribution in [2.75, 3.05) is 6.54 Å². The van der Waals surface area contributed by atoms with Crippen molar-refractivity contribution < 1.29 is 9.59 Å². The van der Waals surface area contributed by atoms with Gasteiger partial charge in [0.2, 0.25) is 5.91 Å². The molecule has 1 aromatic rings. The van der Waals surface area contributed by atoms with Crippen LogP contribution in [0.25, 0.3) is 0 Å². The molecular weight excluding hydrogens is 290 g/mol. The Morgan fingerprint density at radius 1 is 1.22 bits per heavy atom. The van der Waals surface area contributed by atoms with Crippen LogP contribution in [-0.4, -0.2) is 24.1 Å². The van der Waals surface area contributed by atoms with Gasteiger partial charge in [0.1, 0.15) is 0 Å². The van der Waals surface area contributed by atoms with Gasteiger partial charge in [-0.05, 0) is 30.0 Å². The van der Waals surface area contributed by atoms with E-state index in [0.717, 1.165) is 5.56 Å². The van der Waals surface area contributed by atoms with Crippen LogP contribution in [0.3, 0.4) is 0 Å². The Morgan fingerprint density at radius 2 is 1.83 bits per heavy atom. The molecule has 0 spiro atoms. The molecule has 0 unspecified atom stereocenters. The van der Waals surface area contributed by atoms with Crippen molar-refractivity contribution in [1.29, 1.82) is 0 Å². The standard InChI is InChI=1S/C18H25N3O2/c1-6-11-19-16(22)12-13(2)20-21-17(23)14-7-9-15(10-8-14)18(3,4)5/h6-10H,1,11-12H2,2-5H3,(H,19,22)(H,21,23)/b20-13-.